The summed E-state index contributed by atoms with van der Waals surface area (Å²) in [6.45, 7) is 0. The van der Waals surface area contributed by atoms with Crippen molar-refractivity contribution in [2.75, 3.05) is 0 Å². The van der Waals surface area contributed by atoms with Crippen LogP contribution in [0.15, 0.2) is 42.6 Å². The zero-order chi connectivity index (χ0) is 14.5. The molecule has 0 spiro atoms. The Balaban J connectivity index is 2.30. The van der Waals surface area contributed by atoms with Gasteiger partial charge in [0, 0.05) is 24.6 Å². The number of nitrogens with one attached hydrogen (secondary N) is 2. The molecule has 0 saturated carbocycles. The van der Waals surface area contributed by atoms with Gasteiger partial charge in [-0.3, -0.25) is 10.1 Å². The summed E-state index contributed by atoms with van der Waals surface area (Å²) in [4.78, 5) is 12.7. The van der Waals surface area contributed by atoms with Gasteiger partial charge in [-0.15, -0.1) is 0 Å². The number of aromatic amines is 1. The number of aromatic nitrogens is 1. The lowest BCUT2D eigenvalue weighted by Crippen LogP contribution is -1.99. The molecule has 20 heavy (non-hydrogen) atoms. The van der Waals surface area contributed by atoms with Gasteiger partial charge in [0.25, 0.3) is 5.69 Å². The second kappa shape index (κ2) is 5.79. The van der Waals surface area contributed by atoms with Crippen LogP contribution in [0.3, 0.4) is 0 Å². The number of benzene rings is 1. The number of H-pyrrole nitrogens is 1. The number of allylic oxidation sites excluding steroid dienone is 1. The van der Waals surface area contributed by atoms with E-state index in [1.54, 1.807) is 18.3 Å². The second-order valence-electron chi connectivity index (χ2n) is 3.76. The summed E-state index contributed by atoms with van der Waals surface area (Å²) >= 11 is 0. The molecule has 7 heteroatoms. The number of hydrogen-bond acceptors (Lipinski definition) is 4. The highest BCUT2D eigenvalue weighted by atomic mass is 19.1. The number of ether oxygens (including phenoxy) is 1. The Bertz CT molecular complexity index is 666. The van der Waals surface area contributed by atoms with E-state index in [1.165, 1.54) is 12.1 Å². The summed E-state index contributed by atoms with van der Waals surface area (Å²) in [7, 11) is 0. The van der Waals surface area contributed by atoms with Crippen LogP contribution in [-0.2, 0) is 0 Å². The van der Waals surface area contributed by atoms with Crippen LogP contribution in [-0.4, -0.2) is 16.1 Å². The van der Waals surface area contributed by atoms with Crippen molar-refractivity contribution >= 4 is 17.7 Å². The topological polar surface area (TPSA) is 92.0 Å². The fourth-order valence-electron chi connectivity index (χ4n) is 1.54. The van der Waals surface area contributed by atoms with Crippen molar-refractivity contribution in [2.24, 2.45) is 0 Å². The highest BCUT2D eigenvalue weighted by molar-refractivity contribution is 5.80. The van der Waals surface area contributed by atoms with Crippen LogP contribution >= 0.6 is 0 Å². The molecule has 0 atom stereocenters. The van der Waals surface area contributed by atoms with Gasteiger partial charge in [-0.2, -0.15) is 0 Å². The first-order chi connectivity index (χ1) is 9.61. The minimum Gasteiger partial charge on any atom is -0.452 e. The van der Waals surface area contributed by atoms with Crippen molar-refractivity contribution < 1.29 is 14.1 Å². The van der Waals surface area contributed by atoms with E-state index in [0.29, 0.717) is 5.69 Å². The zero-order valence-electron chi connectivity index (χ0n) is 10.2. The summed E-state index contributed by atoms with van der Waals surface area (Å²) in [5.41, 5.74) is 0.207. The van der Waals surface area contributed by atoms with Gasteiger partial charge in [-0.1, -0.05) is 0 Å². The van der Waals surface area contributed by atoms with Crippen LogP contribution in [0, 0.1) is 21.3 Å². The predicted octanol–water partition coefficient (Wildman–Crippen LogP) is 3.13. The molecule has 0 bridgehead atoms. The van der Waals surface area contributed by atoms with E-state index in [4.69, 9.17) is 10.1 Å². The van der Waals surface area contributed by atoms with Crippen LogP contribution < -0.4 is 4.74 Å². The van der Waals surface area contributed by atoms with Gasteiger partial charge in [-0.05, 0) is 18.2 Å². The van der Waals surface area contributed by atoms with Gasteiger partial charge in [0.15, 0.2) is 17.3 Å². The maximum absolute atomic E-state index is 13.7. The van der Waals surface area contributed by atoms with E-state index in [-0.39, 0.29) is 17.2 Å². The average molecular weight is 275 g/mol. The Morgan fingerprint density at radius 2 is 2.25 bits per heavy atom. The largest absolute Gasteiger partial charge is 0.452 e. The summed E-state index contributed by atoms with van der Waals surface area (Å²) in [6, 6.07) is 6.52. The summed E-state index contributed by atoms with van der Waals surface area (Å²) in [5, 5.41) is 17.6. The van der Waals surface area contributed by atoms with E-state index in [9.17, 15) is 14.5 Å². The van der Waals surface area contributed by atoms with Gasteiger partial charge in [0.05, 0.1) is 16.7 Å². The smallest absolute Gasteiger partial charge is 0.272 e. The first-order valence-electron chi connectivity index (χ1n) is 5.58. The third kappa shape index (κ3) is 2.89. The molecule has 0 aliphatic heterocycles. The second-order valence-corrected chi connectivity index (χ2v) is 3.76. The maximum Gasteiger partial charge on any atom is 0.272 e. The first-order valence-corrected chi connectivity index (χ1v) is 5.58. The van der Waals surface area contributed by atoms with Crippen molar-refractivity contribution in [1.82, 2.24) is 4.98 Å². The lowest BCUT2D eigenvalue weighted by Gasteiger charge is -2.09. The summed E-state index contributed by atoms with van der Waals surface area (Å²) in [5.74, 6) is -0.766. The molecule has 0 aliphatic rings. The SMILES string of the molecule is N=C/C=C(/Oc1ccc([N+](=O)[O-])cc1F)c1ccc[nH]1. The average Bonchev–Trinajstić information content (AvgIpc) is 2.94. The molecule has 6 nitrogen and oxygen atoms in total. The molecule has 102 valence electrons. The molecule has 0 radical (unpaired) electrons. The van der Waals surface area contributed by atoms with E-state index in [1.807, 2.05) is 0 Å². The van der Waals surface area contributed by atoms with Crippen molar-refractivity contribution in [3.05, 3.63) is 64.2 Å². The molecule has 2 rings (SSSR count). The fourth-order valence-corrected chi connectivity index (χ4v) is 1.54. The monoisotopic (exact) mass is 275 g/mol. The molecule has 1 heterocycles. The number of nitro benzene ring substituents is 1. The number of nitrogens with zero attached hydrogens (tertiary/aromatic N) is 1. The highest BCUT2D eigenvalue weighted by Gasteiger charge is 2.14. The minimum atomic E-state index is -0.846. The number of rotatable bonds is 5. The lowest BCUT2D eigenvalue weighted by atomic mass is 10.3. The predicted molar refractivity (Wildman–Crippen MR) is 71.2 cm³/mol. The third-order valence-electron chi connectivity index (χ3n) is 2.44. The van der Waals surface area contributed by atoms with E-state index < -0.39 is 10.7 Å². The van der Waals surface area contributed by atoms with Crippen LogP contribution in [0.4, 0.5) is 10.1 Å². The first kappa shape index (κ1) is 13.5. The van der Waals surface area contributed by atoms with Crippen LogP contribution in [0.2, 0.25) is 0 Å². The lowest BCUT2D eigenvalue weighted by molar-refractivity contribution is -0.385. The Morgan fingerprint density at radius 3 is 2.80 bits per heavy atom. The van der Waals surface area contributed by atoms with Gasteiger partial charge < -0.3 is 15.1 Å². The fraction of sp³-hybridized carbons (Fsp3) is 0. The van der Waals surface area contributed by atoms with Crippen LogP contribution in [0.25, 0.3) is 5.76 Å². The molecule has 0 amide bonds. The van der Waals surface area contributed by atoms with Gasteiger partial charge >= 0.3 is 0 Å². The van der Waals surface area contributed by atoms with Gasteiger partial charge in [-0.25, -0.2) is 4.39 Å². The molecule has 1 aromatic carbocycles. The van der Waals surface area contributed by atoms with E-state index in [2.05, 4.69) is 4.98 Å². The van der Waals surface area contributed by atoms with Crippen molar-refractivity contribution in [2.45, 2.75) is 0 Å². The molecule has 0 unspecified atom stereocenters. The van der Waals surface area contributed by atoms with Gasteiger partial charge in [0.2, 0.25) is 0 Å². The Labute approximate surface area is 113 Å². The molecule has 0 fully saturated rings. The third-order valence-corrected chi connectivity index (χ3v) is 2.44. The molecule has 2 aromatic rings. The van der Waals surface area contributed by atoms with Crippen LogP contribution in [0.5, 0.6) is 5.75 Å². The van der Waals surface area contributed by atoms with Crippen molar-refractivity contribution in [3.8, 4) is 5.75 Å². The minimum absolute atomic E-state index is 0.154. The quantitative estimate of drug-likeness (QED) is 0.380. The van der Waals surface area contributed by atoms with Crippen molar-refractivity contribution in [1.29, 1.82) is 5.41 Å². The zero-order valence-corrected chi connectivity index (χ0v) is 10.2. The summed E-state index contributed by atoms with van der Waals surface area (Å²) in [6.07, 6.45) is 3.99. The molecular weight excluding hydrogens is 265 g/mol. The van der Waals surface area contributed by atoms with E-state index in [0.717, 1.165) is 18.3 Å². The molecular formula is C13H10FN3O3. The molecule has 1 aromatic heterocycles. The normalized spacial score (nSPS) is 11.2. The standard InChI is InChI=1S/C13H10FN3O3/c14-10-8-9(17(18)19)3-4-12(10)20-13(5-6-15)11-2-1-7-16-11/h1-8,15-16H/b13-5+,15-6?. The Kier molecular flexibility index (Phi) is 3.90. The Hall–Kier alpha value is -2.96. The van der Waals surface area contributed by atoms with Crippen molar-refractivity contribution in [3.63, 3.8) is 0 Å². The van der Waals surface area contributed by atoms with E-state index >= 15 is 0 Å². The number of halogens is 1. The molecule has 0 saturated heterocycles. The number of non-ortho nitro benzene ring substituents is 1. The maximum atomic E-state index is 13.7. The number of nitro groups is 1. The molecule has 2 N–H and O–H groups in total. The Morgan fingerprint density at radius 1 is 1.45 bits per heavy atom. The van der Waals surface area contributed by atoms with Crippen LogP contribution in [0.1, 0.15) is 5.69 Å². The molecule has 0 aliphatic carbocycles. The highest BCUT2D eigenvalue weighted by Crippen LogP contribution is 2.26. The number of hydrogen-bond donors (Lipinski definition) is 2. The van der Waals surface area contributed by atoms with Gasteiger partial charge in [0.1, 0.15) is 0 Å². The summed E-state index contributed by atoms with van der Waals surface area (Å²) < 4.78 is 19.1.